The molecule has 0 unspecified atom stereocenters. The molecule has 0 saturated heterocycles. The topological polar surface area (TPSA) is 86.9 Å². The maximum atomic E-state index is 12.2. The zero-order valence-electron chi connectivity index (χ0n) is 10.9. The smallest absolute Gasteiger partial charge is 0.258 e. The van der Waals surface area contributed by atoms with E-state index in [2.05, 4.69) is 20.2 Å². The summed E-state index contributed by atoms with van der Waals surface area (Å²) in [6, 6.07) is 6.97. The number of rotatable bonds is 6. The lowest BCUT2D eigenvalue weighted by atomic mass is 10.2. The molecule has 8 heteroatoms. The molecule has 1 aromatic carbocycles. The van der Waals surface area contributed by atoms with Crippen molar-refractivity contribution in [3.8, 4) is 0 Å². The van der Waals surface area contributed by atoms with Crippen LogP contribution >= 0.6 is 11.6 Å². The third-order valence-electron chi connectivity index (χ3n) is 2.69. The number of benzene rings is 1. The first-order chi connectivity index (χ1) is 9.53. The van der Waals surface area contributed by atoms with Gasteiger partial charge in [-0.2, -0.15) is 5.10 Å². The van der Waals surface area contributed by atoms with Crippen LogP contribution in [0.1, 0.15) is 11.1 Å². The summed E-state index contributed by atoms with van der Waals surface area (Å²) in [5.74, 6) is 0. The minimum absolute atomic E-state index is 0.0841. The van der Waals surface area contributed by atoms with Crippen LogP contribution in [0.15, 0.2) is 35.5 Å². The van der Waals surface area contributed by atoms with Gasteiger partial charge in [0, 0.05) is 23.7 Å². The van der Waals surface area contributed by atoms with E-state index in [1.807, 2.05) is 0 Å². The van der Waals surface area contributed by atoms with Gasteiger partial charge >= 0.3 is 0 Å². The second-order valence-electron chi connectivity index (χ2n) is 4.21. The Hall–Kier alpha value is -1.41. The molecule has 3 N–H and O–H groups in total. The zero-order valence-corrected chi connectivity index (χ0v) is 12.4. The summed E-state index contributed by atoms with van der Waals surface area (Å²) < 4.78 is 26.9. The molecule has 108 valence electrons. The van der Waals surface area contributed by atoms with E-state index in [1.54, 1.807) is 31.3 Å². The molecule has 0 aliphatic carbocycles. The standard InChI is InChI=1S/C12H15ClN4O2S/c1-14-7-10-8-15-17-12(10)20(18,19)16-6-9-2-4-11(13)5-3-9/h2-5,8,14,16H,6-7H2,1H3,(H,15,17). The Bertz CT molecular complexity index is 667. The monoisotopic (exact) mass is 314 g/mol. The van der Waals surface area contributed by atoms with Crippen LogP contribution in [0.4, 0.5) is 0 Å². The van der Waals surface area contributed by atoms with Gasteiger partial charge in [0.1, 0.15) is 0 Å². The minimum Gasteiger partial charge on any atom is -0.316 e. The highest BCUT2D eigenvalue weighted by atomic mass is 35.5. The van der Waals surface area contributed by atoms with Crippen LogP contribution < -0.4 is 10.0 Å². The summed E-state index contributed by atoms with van der Waals surface area (Å²) in [7, 11) is -1.88. The highest BCUT2D eigenvalue weighted by Gasteiger charge is 2.20. The molecule has 1 heterocycles. The molecule has 0 atom stereocenters. The highest BCUT2D eigenvalue weighted by molar-refractivity contribution is 7.89. The van der Waals surface area contributed by atoms with E-state index < -0.39 is 10.0 Å². The van der Waals surface area contributed by atoms with Crippen molar-refractivity contribution in [1.82, 2.24) is 20.2 Å². The molecular formula is C12H15ClN4O2S. The molecule has 2 rings (SSSR count). The van der Waals surface area contributed by atoms with E-state index in [-0.39, 0.29) is 11.6 Å². The first-order valence-corrected chi connectivity index (χ1v) is 7.80. The summed E-state index contributed by atoms with van der Waals surface area (Å²) in [6.45, 7) is 0.616. The molecule has 0 aliphatic heterocycles. The Kier molecular flexibility index (Phi) is 4.77. The summed E-state index contributed by atoms with van der Waals surface area (Å²) >= 11 is 5.78. The number of H-pyrrole nitrogens is 1. The summed E-state index contributed by atoms with van der Waals surface area (Å²) in [4.78, 5) is 0. The molecule has 0 fully saturated rings. The lowest BCUT2D eigenvalue weighted by Gasteiger charge is -2.07. The Morgan fingerprint density at radius 1 is 1.25 bits per heavy atom. The number of halogens is 1. The molecule has 0 aliphatic rings. The Labute approximate surface area is 122 Å². The van der Waals surface area contributed by atoms with Crippen molar-refractivity contribution < 1.29 is 8.42 Å². The average Bonchev–Trinajstić information content (AvgIpc) is 2.88. The Morgan fingerprint density at radius 2 is 1.95 bits per heavy atom. The quantitative estimate of drug-likeness (QED) is 0.749. The Morgan fingerprint density at radius 3 is 2.60 bits per heavy atom. The predicted molar refractivity (Wildman–Crippen MR) is 76.8 cm³/mol. The molecule has 6 nitrogen and oxygen atoms in total. The van der Waals surface area contributed by atoms with Crippen LogP contribution in [0, 0.1) is 0 Å². The molecule has 2 aromatic rings. The molecule has 0 saturated carbocycles. The number of aromatic nitrogens is 2. The third-order valence-corrected chi connectivity index (χ3v) is 4.36. The number of hydrogen-bond acceptors (Lipinski definition) is 4. The van der Waals surface area contributed by atoms with Crippen LogP contribution in [0.3, 0.4) is 0 Å². The molecule has 1 aromatic heterocycles. The van der Waals surface area contributed by atoms with Gasteiger partial charge in [0.15, 0.2) is 5.03 Å². The lowest BCUT2D eigenvalue weighted by Crippen LogP contribution is -2.25. The molecule has 0 radical (unpaired) electrons. The predicted octanol–water partition coefficient (Wildman–Crippen LogP) is 1.26. The van der Waals surface area contributed by atoms with Crippen molar-refractivity contribution in [2.45, 2.75) is 18.1 Å². The summed E-state index contributed by atoms with van der Waals surface area (Å²) in [5, 5.41) is 9.88. The summed E-state index contributed by atoms with van der Waals surface area (Å²) in [6.07, 6.45) is 1.49. The van der Waals surface area contributed by atoms with Gasteiger partial charge in [0.2, 0.25) is 0 Å². The number of aromatic amines is 1. The second kappa shape index (κ2) is 6.36. The maximum absolute atomic E-state index is 12.2. The van der Waals surface area contributed by atoms with Crippen LogP contribution in [0.5, 0.6) is 0 Å². The maximum Gasteiger partial charge on any atom is 0.258 e. The van der Waals surface area contributed by atoms with E-state index in [4.69, 9.17) is 11.6 Å². The molecule has 0 spiro atoms. The van der Waals surface area contributed by atoms with Gasteiger partial charge in [-0.3, -0.25) is 5.10 Å². The van der Waals surface area contributed by atoms with Gasteiger partial charge in [-0.15, -0.1) is 0 Å². The summed E-state index contributed by atoms with van der Waals surface area (Å²) in [5.41, 5.74) is 1.42. The first kappa shape index (κ1) is 15.0. The van der Waals surface area contributed by atoms with Crippen molar-refractivity contribution in [2.75, 3.05) is 7.05 Å². The van der Waals surface area contributed by atoms with E-state index >= 15 is 0 Å². The number of nitrogens with one attached hydrogen (secondary N) is 3. The van der Waals surface area contributed by atoms with Crippen molar-refractivity contribution in [1.29, 1.82) is 0 Å². The lowest BCUT2D eigenvalue weighted by molar-refractivity contribution is 0.575. The fourth-order valence-electron chi connectivity index (χ4n) is 1.70. The fraction of sp³-hybridized carbons (Fsp3) is 0.250. The van der Waals surface area contributed by atoms with E-state index in [0.717, 1.165) is 5.56 Å². The van der Waals surface area contributed by atoms with E-state index in [0.29, 0.717) is 17.1 Å². The van der Waals surface area contributed by atoms with Crippen molar-refractivity contribution >= 4 is 21.6 Å². The average molecular weight is 315 g/mol. The van der Waals surface area contributed by atoms with Crippen molar-refractivity contribution in [3.63, 3.8) is 0 Å². The minimum atomic E-state index is -3.62. The van der Waals surface area contributed by atoms with Crippen LogP contribution in [0.25, 0.3) is 0 Å². The zero-order chi connectivity index (χ0) is 14.6. The second-order valence-corrected chi connectivity index (χ2v) is 6.35. The van der Waals surface area contributed by atoms with Gasteiger partial charge in [-0.1, -0.05) is 23.7 Å². The largest absolute Gasteiger partial charge is 0.316 e. The van der Waals surface area contributed by atoms with E-state index in [1.165, 1.54) is 6.20 Å². The fourth-order valence-corrected chi connectivity index (χ4v) is 2.97. The normalized spacial score (nSPS) is 11.7. The number of sulfonamides is 1. The van der Waals surface area contributed by atoms with Gasteiger partial charge < -0.3 is 5.32 Å². The van der Waals surface area contributed by atoms with Crippen molar-refractivity contribution in [3.05, 3.63) is 46.6 Å². The molecule has 0 bridgehead atoms. The van der Waals surface area contributed by atoms with Crippen molar-refractivity contribution in [2.24, 2.45) is 0 Å². The number of hydrogen-bond donors (Lipinski definition) is 3. The van der Waals surface area contributed by atoms with E-state index in [9.17, 15) is 8.42 Å². The Balaban J connectivity index is 2.11. The number of nitrogens with zero attached hydrogens (tertiary/aromatic N) is 1. The highest BCUT2D eigenvalue weighted by Crippen LogP contribution is 2.13. The third kappa shape index (κ3) is 3.57. The molecular weight excluding hydrogens is 300 g/mol. The van der Waals surface area contributed by atoms with Gasteiger partial charge in [0.05, 0.1) is 6.20 Å². The van der Waals surface area contributed by atoms with Crippen LogP contribution in [-0.4, -0.2) is 25.7 Å². The van der Waals surface area contributed by atoms with Gasteiger partial charge in [-0.05, 0) is 24.7 Å². The van der Waals surface area contributed by atoms with Crippen LogP contribution in [0.2, 0.25) is 5.02 Å². The first-order valence-electron chi connectivity index (χ1n) is 5.94. The van der Waals surface area contributed by atoms with Gasteiger partial charge in [0.25, 0.3) is 10.0 Å². The van der Waals surface area contributed by atoms with Gasteiger partial charge in [-0.25, -0.2) is 13.1 Å². The molecule has 20 heavy (non-hydrogen) atoms. The SMILES string of the molecule is CNCc1cn[nH]c1S(=O)(=O)NCc1ccc(Cl)cc1. The molecule has 0 amide bonds. The van der Waals surface area contributed by atoms with Crippen LogP contribution in [-0.2, 0) is 23.1 Å².